The third-order valence-electron chi connectivity index (χ3n) is 1.67. The molecule has 62 valence electrons. The lowest BCUT2D eigenvalue weighted by Crippen LogP contribution is -2.42. The molecule has 0 fully saturated rings. The Kier molecular flexibility index (Phi) is 3.04. The predicted molar refractivity (Wildman–Crippen MR) is 46.6 cm³/mol. The minimum atomic E-state index is 0.700. The number of nitrogens with zero attached hydrogens (tertiary/aromatic N) is 4. The van der Waals surface area contributed by atoms with Crippen LogP contribution in [0.4, 0.5) is 0 Å². The highest BCUT2D eigenvalue weighted by molar-refractivity contribution is 5.72. The molecule has 11 heavy (non-hydrogen) atoms. The standard InChI is InChI=1S/C7H14N4/c1-3-10(4-2)11-6-8-5-9-7-11/h5-6H,3-4,7H2,1-2H3. The summed E-state index contributed by atoms with van der Waals surface area (Å²) in [6.07, 6.45) is 3.39. The smallest absolute Gasteiger partial charge is 0.127 e. The van der Waals surface area contributed by atoms with Crippen LogP contribution >= 0.6 is 0 Å². The van der Waals surface area contributed by atoms with E-state index in [9.17, 15) is 0 Å². The summed E-state index contributed by atoms with van der Waals surface area (Å²) in [4.78, 5) is 7.98. The van der Waals surface area contributed by atoms with E-state index in [1.165, 1.54) is 0 Å². The normalized spacial score (nSPS) is 16.5. The maximum absolute atomic E-state index is 4.04. The largest absolute Gasteiger partial charge is 0.274 e. The van der Waals surface area contributed by atoms with Crippen molar-refractivity contribution in [1.29, 1.82) is 0 Å². The van der Waals surface area contributed by atoms with Crippen LogP contribution in [0.25, 0.3) is 0 Å². The number of hydrazine groups is 1. The van der Waals surface area contributed by atoms with Gasteiger partial charge in [-0.3, -0.25) is 10.0 Å². The third-order valence-corrected chi connectivity index (χ3v) is 1.67. The Morgan fingerprint density at radius 2 is 2.18 bits per heavy atom. The van der Waals surface area contributed by atoms with Crippen molar-refractivity contribution in [3.63, 3.8) is 0 Å². The Bertz CT molecular complexity index is 160. The fourth-order valence-electron chi connectivity index (χ4n) is 1.06. The third kappa shape index (κ3) is 2.01. The highest BCUT2D eigenvalue weighted by Gasteiger charge is 2.07. The molecule has 4 nitrogen and oxygen atoms in total. The zero-order valence-corrected chi connectivity index (χ0v) is 7.06. The lowest BCUT2D eigenvalue weighted by Gasteiger charge is -2.30. The molecule has 0 unspecified atom stereocenters. The van der Waals surface area contributed by atoms with Gasteiger partial charge in [0.2, 0.25) is 0 Å². The quantitative estimate of drug-likeness (QED) is 0.595. The summed E-state index contributed by atoms with van der Waals surface area (Å²) < 4.78 is 0. The number of rotatable bonds is 3. The Morgan fingerprint density at radius 3 is 2.64 bits per heavy atom. The molecule has 1 aliphatic rings. The van der Waals surface area contributed by atoms with E-state index < -0.39 is 0 Å². The van der Waals surface area contributed by atoms with Crippen LogP contribution in [0.15, 0.2) is 9.98 Å². The van der Waals surface area contributed by atoms with Gasteiger partial charge in [-0.05, 0) is 0 Å². The van der Waals surface area contributed by atoms with E-state index in [0.717, 1.165) is 13.1 Å². The first-order valence-electron chi connectivity index (χ1n) is 3.91. The molecular formula is C7H14N4. The maximum atomic E-state index is 4.04. The van der Waals surface area contributed by atoms with Crippen molar-refractivity contribution in [3.8, 4) is 0 Å². The number of hydrogen-bond donors (Lipinski definition) is 0. The maximum Gasteiger partial charge on any atom is 0.127 e. The van der Waals surface area contributed by atoms with Crippen LogP contribution < -0.4 is 0 Å². The van der Waals surface area contributed by atoms with E-state index in [0.29, 0.717) is 6.67 Å². The molecule has 0 radical (unpaired) electrons. The minimum Gasteiger partial charge on any atom is -0.274 e. The van der Waals surface area contributed by atoms with Gasteiger partial charge in [-0.25, -0.2) is 10.0 Å². The van der Waals surface area contributed by atoms with Gasteiger partial charge in [0.15, 0.2) is 0 Å². The van der Waals surface area contributed by atoms with Gasteiger partial charge >= 0.3 is 0 Å². The van der Waals surface area contributed by atoms with Crippen LogP contribution in [0, 0.1) is 0 Å². The Hall–Kier alpha value is -0.900. The first kappa shape index (κ1) is 8.20. The molecule has 0 saturated carbocycles. The van der Waals surface area contributed by atoms with Gasteiger partial charge in [0.25, 0.3) is 0 Å². The van der Waals surface area contributed by atoms with E-state index >= 15 is 0 Å². The molecule has 1 aliphatic heterocycles. The van der Waals surface area contributed by atoms with Crippen molar-refractivity contribution < 1.29 is 0 Å². The molecule has 0 amide bonds. The van der Waals surface area contributed by atoms with E-state index in [1.54, 1.807) is 12.7 Å². The van der Waals surface area contributed by atoms with Crippen LogP contribution in [-0.2, 0) is 0 Å². The molecule has 0 N–H and O–H groups in total. The molecule has 4 heteroatoms. The average Bonchev–Trinajstić information content (AvgIpc) is 2.09. The van der Waals surface area contributed by atoms with Crippen LogP contribution in [-0.4, -0.2) is 42.5 Å². The molecule has 0 saturated heterocycles. The fourth-order valence-corrected chi connectivity index (χ4v) is 1.06. The topological polar surface area (TPSA) is 31.2 Å². The second-order valence-corrected chi connectivity index (χ2v) is 2.28. The Morgan fingerprint density at radius 1 is 1.45 bits per heavy atom. The highest BCUT2D eigenvalue weighted by Crippen LogP contribution is 1.96. The van der Waals surface area contributed by atoms with Crippen molar-refractivity contribution in [2.45, 2.75) is 13.8 Å². The highest BCUT2D eigenvalue weighted by atomic mass is 15.6. The molecule has 0 aliphatic carbocycles. The SMILES string of the molecule is CCN(CC)N1C=NC=NC1. The Balaban J connectivity index is 2.45. The summed E-state index contributed by atoms with van der Waals surface area (Å²) in [6.45, 7) is 6.94. The minimum absolute atomic E-state index is 0.700. The molecule has 0 spiro atoms. The summed E-state index contributed by atoms with van der Waals surface area (Å²) in [7, 11) is 0. The second kappa shape index (κ2) is 4.08. The number of hydrogen-bond acceptors (Lipinski definition) is 4. The molecule has 0 aromatic carbocycles. The summed E-state index contributed by atoms with van der Waals surface area (Å²) in [5.41, 5.74) is 0. The van der Waals surface area contributed by atoms with Crippen molar-refractivity contribution >= 4 is 12.7 Å². The van der Waals surface area contributed by atoms with Gasteiger partial charge in [-0.1, -0.05) is 13.8 Å². The van der Waals surface area contributed by atoms with E-state index in [4.69, 9.17) is 0 Å². The molecular weight excluding hydrogens is 140 g/mol. The van der Waals surface area contributed by atoms with E-state index in [-0.39, 0.29) is 0 Å². The summed E-state index contributed by atoms with van der Waals surface area (Å²) >= 11 is 0. The van der Waals surface area contributed by atoms with Gasteiger partial charge in [0.1, 0.15) is 19.3 Å². The van der Waals surface area contributed by atoms with E-state index in [2.05, 4.69) is 28.8 Å². The predicted octanol–water partition coefficient (Wildman–Crippen LogP) is 0.573. The Labute approximate surface area is 67.2 Å². The van der Waals surface area contributed by atoms with Gasteiger partial charge in [0, 0.05) is 13.1 Å². The molecule has 0 aromatic heterocycles. The zero-order chi connectivity index (χ0) is 8.10. The summed E-state index contributed by atoms with van der Waals surface area (Å²) in [5.74, 6) is 0. The van der Waals surface area contributed by atoms with Gasteiger partial charge in [-0.2, -0.15) is 0 Å². The van der Waals surface area contributed by atoms with Crippen LogP contribution in [0.5, 0.6) is 0 Å². The second-order valence-electron chi connectivity index (χ2n) is 2.28. The first-order valence-corrected chi connectivity index (χ1v) is 3.91. The summed E-state index contributed by atoms with van der Waals surface area (Å²) in [6, 6.07) is 0. The summed E-state index contributed by atoms with van der Waals surface area (Å²) in [5, 5.41) is 4.19. The van der Waals surface area contributed by atoms with Crippen molar-refractivity contribution in [2.24, 2.45) is 9.98 Å². The van der Waals surface area contributed by atoms with E-state index in [1.807, 2.05) is 5.01 Å². The fraction of sp³-hybridized carbons (Fsp3) is 0.714. The molecule has 0 atom stereocenters. The van der Waals surface area contributed by atoms with Gasteiger partial charge < -0.3 is 0 Å². The molecule has 1 heterocycles. The van der Waals surface area contributed by atoms with Crippen LogP contribution in [0.1, 0.15) is 13.8 Å². The molecule has 1 rings (SSSR count). The average molecular weight is 154 g/mol. The van der Waals surface area contributed by atoms with Crippen LogP contribution in [0.2, 0.25) is 0 Å². The zero-order valence-electron chi connectivity index (χ0n) is 7.06. The van der Waals surface area contributed by atoms with Gasteiger partial charge in [0.05, 0.1) is 0 Å². The van der Waals surface area contributed by atoms with Crippen LogP contribution in [0.3, 0.4) is 0 Å². The lowest BCUT2D eigenvalue weighted by atomic mass is 10.6. The van der Waals surface area contributed by atoms with Crippen molar-refractivity contribution in [2.75, 3.05) is 19.8 Å². The van der Waals surface area contributed by atoms with Crippen molar-refractivity contribution in [1.82, 2.24) is 10.0 Å². The monoisotopic (exact) mass is 154 g/mol. The number of aliphatic imine (C=N–C) groups is 2. The molecule has 0 bridgehead atoms. The lowest BCUT2D eigenvalue weighted by molar-refractivity contribution is 0.0648. The first-order chi connectivity index (χ1) is 5.38. The molecule has 0 aromatic rings. The van der Waals surface area contributed by atoms with Crippen molar-refractivity contribution in [3.05, 3.63) is 0 Å². The van der Waals surface area contributed by atoms with Gasteiger partial charge in [-0.15, -0.1) is 0 Å².